The van der Waals surface area contributed by atoms with Gasteiger partial charge in [0.15, 0.2) is 5.11 Å². The van der Waals surface area contributed by atoms with E-state index in [2.05, 4.69) is 15.5 Å². The van der Waals surface area contributed by atoms with Crippen molar-refractivity contribution in [3.8, 4) is 0 Å². The van der Waals surface area contributed by atoms with Gasteiger partial charge in [-0.25, -0.2) is 4.39 Å². The highest BCUT2D eigenvalue weighted by atomic mass is 32.1. The van der Waals surface area contributed by atoms with Crippen LogP contribution in [0.3, 0.4) is 0 Å². The lowest BCUT2D eigenvalue weighted by Crippen LogP contribution is -2.52. The number of carbonyl (C=O) groups is 1. The number of rotatable bonds is 4. The molecule has 3 heterocycles. The third-order valence-electron chi connectivity index (χ3n) is 5.57. The molecule has 4 rings (SSSR count). The van der Waals surface area contributed by atoms with Crippen LogP contribution >= 0.6 is 12.2 Å². The molecular weight excluding hydrogens is 391 g/mol. The fourth-order valence-corrected chi connectivity index (χ4v) is 4.42. The largest absolute Gasteiger partial charge is 0.354 e. The van der Waals surface area contributed by atoms with Gasteiger partial charge in [-0.05, 0) is 48.3 Å². The summed E-state index contributed by atoms with van der Waals surface area (Å²) in [6, 6.07) is 11.5. The summed E-state index contributed by atoms with van der Waals surface area (Å²) in [6.07, 6.45) is 1.06. The summed E-state index contributed by atoms with van der Waals surface area (Å²) in [6.45, 7) is 2.65. The zero-order valence-electron chi connectivity index (χ0n) is 15.9. The van der Waals surface area contributed by atoms with Gasteiger partial charge in [-0.3, -0.25) is 9.59 Å². The summed E-state index contributed by atoms with van der Waals surface area (Å²) in [5.74, 6) is 0.161. The summed E-state index contributed by atoms with van der Waals surface area (Å²) in [7, 11) is 0. The standard InChI is InChI=1S/C21H23FN4O2S/c22-17-6-4-14(5-7-17)9-23-19(27)10-24-21(29)25-11-15-8-16(13-25)18-2-1-3-20(28)26(18)12-15/h1-7,15-16H,8-13H2,(H,23,27)(H,24,29). The van der Waals surface area contributed by atoms with Crippen molar-refractivity contribution in [2.45, 2.75) is 25.4 Å². The zero-order chi connectivity index (χ0) is 20.4. The van der Waals surface area contributed by atoms with E-state index >= 15 is 0 Å². The lowest BCUT2D eigenvalue weighted by Gasteiger charge is -2.43. The highest BCUT2D eigenvalue weighted by Gasteiger charge is 2.35. The highest BCUT2D eigenvalue weighted by Crippen LogP contribution is 2.34. The van der Waals surface area contributed by atoms with Crippen LogP contribution in [0.25, 0.3) is 0 Å². The predicted octanol–water partition coefficient (Wildman–Crippen LogP) is 1.60. The molecule has 2 aromatic rings. The Bertz CT molecular complexity index is 975. The van der Waals surface area contributed by atoms with Gasteiger partial charge in [-0.15, -0.1) is 0 Å². The van der Waals surface area contributed by atoms with E-state index in [1.54, 1.807) is 18.2 Å². The number of carbonyl (C=O) groups excluding carboxylic acids is 1. The number of fused-ring (bicyclic) bond motifs is 4. The Morgan fingerprint density at radius 1 is 1.10 bits per heavy atom. The number of piperidine rings is 1. The molecule has 2 N–H and O–H groups in total. The van der Waals surface area contributed by atoms with Crippen molar-refractivity contribution in [1.29, 1.82) is 0 Å². The van der Waals surface area contributed by atoms with Crippen molar-refractivity contribution < 1.29 is 9.18 Å². The molecule has 0 spiro atoms. The van der Waals surface area contributed by atoms with Gasteiger partial charge in [0.1, 0.15) is 5.82 Å². The number of hydrogen-bond acceptors (Lipinski definition) is 3. The van der Waals surface area contributed by atoms with Crippen LogP contribution in [0, 0.1) is 11.7 Å². The summed E-state index contributed by atoms with van der Waals surface area (Å²) in [5.41, 5.74) is 1.96. The molecule has 2 atom stereocenters. The van der Waals surface area contributed by atoms with Gasteiger partial charge in [-0.1, -0.05) is 18.2 Å². The average molecular weight is 415 g/mol. The first-order valence-electron chi connectivity index (χ1n) is 9.73. The molecule has 1 saturated heterocycles. The van der Waals surface area contributed by atoms with Crippen LogP contribution in [-0.2, 0) is 17.9 Å². The van der Waals surface area contributed by atoms with Crippen LogP contribution in [0.2, 0.25) is 0 Å². The van der Waals surface area contributed by atoms with Crippen molar-refractivity contribution in [3.63, 3.8) is 0 Å². The molecule has 2 aliphatic heterocycles. The molecule has 6 nitrogen and oxygen atoms in total. The van der Waals surface area contributed by atoms with E-state index in [9.17, 15) is 14.0 Å². The van der Waals surface area contributed by atoms with Crippen molar-refractivity contribution >= 4 is 23.2 Å². The van der Waals surface area contributed by atoms with Gasteiger partial charge < -0.3 is 20.1 Å². The molecule has 1 amide bonds. The van der Waals surface area contributed by atoms with E-state index in [0.717, 1.165) is 30.8 Å². The average Bonchev–Trinajstić information content (AvgIpc) is 2.72. The first-order chi connectivity index (χ1) is 14.0. The third kappa shape index (κ3) is 4.48. The van der Waals surface area contributed by atoms with Crippen molar-refractivity contribution in [1.82, 2.24) is 20.1 Å². The molecule has 2 unspecified atom stereocenters. The minimum absolute atomic E-state index is 0.0594. The number of nitrogens with one attached hydrogen (secondary N) is 2. The number of pyridine rings is 1. The maximum atomic E-state index is 12.9. The Kier molecular flexibility index (Phi) is 5.62. The monoisotopic (exact) mass is 414 g/mol. The Morgan fingerprint density at radius 2 is 1.90 bits per heavy atom. The molecule has 0 saturated carbocycles. The quantitative estimate of drug-likeness (QED) is 0.744. The predicted molar refractivity (Wildman–Crippen MR) is 112 cm³/mol. The smallest absolute Gasteiger partial charge is 0.250 e. The SMILES string of the molecule is O=C(CNC(=S)N1CC2CC(C1)c1cccc(=O)n1C2)NCc1ccc(F)cc1. The fraction of sp³-hybridized carbons (Fsp3) is 0.381. The molecule has 0 radical (unpaired) electrons. The van der Waals surface area contributed by atoms with Crippen LogP contribution in [-0.4, -0.2) is 40.1 Å². The molecule has 2 aliphatic rings. The Labute approximate surface area is 173 Å². The van der Waals surface area contributed by atoms with E-state index in [1.165, 1.54) is 12.1 Å². The van der Waals surface area contributed by atoms with Crippen molar-refractivity contribution in [2.75, 3.05) is 19.6 Å². The lowest BCUT2D eigenvalue weighted by atomic mass is 9.83. The molecule has 8 heteroatoms. The normalized spacial score (nSPS) is 20.0. The molecule has 29 heavy (non-hydrogen) atoms. The third-order valence-corrected chi connectivity index (χ3v) is 5.97. The second kappa shape index (κ2) is 8.32. The van der Waals surface area contributed by atoms with E-state index in [4.69, 9.17) is 12.2 Å². The Balaban J connectivity index is 1.29. The number of likely N-dealkylation sites (tertiary alicyclic amines) is 1. The van der Waals surface area contributed by atoms with Crippen LogP contribution in [0.5, 0.6) is 0 Å². The number of benzene rings is 1. The van der Waals surface area contributed by atoms with Crippen molar-refractivity contribution in [2.24, 2.45) is 5.92 Å². The molecule has 1 fully saturated rings. The molecule has 1 aromatic heterocycles. The minimum atomic E-state index is -0.300. The van der Waals surface area contributed by atoms with E-state index in [0.29, 0.717) is 24.1 Å². The molecule has 152 valence electrons. The first-order valence-corrected chi connectivity index (χ1v) is 10.1. The number of halogens is 1. The number of aromatic nitrogens is 1. The minimum Gasteiger partial charge on any atom is -0.354 e. The lowest BCUT2D eigenvalue weighted by molar-refractivity contribution is -0.120. The van der Waals surface area contributed by atoms with Crippen LogP contribution < -0.4 is 16.2 Å². The first kappa shape index (κ1) is 19.6. The van der Waals surface area contributed by atoms with Crippen LogP contribution in [0.1, 0.15) is 23.6 Å². The number of amides is 1. The second-order valence-corrected chi connectivity index (χ2v) is 8.05. The fourth-order valence-electron chi connectivity index (χ4n) is 4.20. The second-order valence-electron chi connectivity index (χ2n) is 7.67. The maximum absolute atomic E-state index is 12.9. The summed E-state index contributed by atoms with van der Waals surface area (Å²) in [5, 5.41) is 6.39. The highest BCUT2D eigenvalue weighted by molar-refractivity contribution is 7.80. The van der Waals surface area contributed by atoms with Gasteiger partial charge >= 0.3 is 0 Å². The van der Waals surface area contributed by atoms with Gasteiger partial charge in [-0.2, -0.15) is 0 Å². The number of nitrogens with zero attached hydrogens (tertiary/aromatic N) is 2. The van der Waals surface area contributed by atoms with Gasteiger partial charge in [0.2, 0.25) is 5.91 Å². The van der Waals surface area contributed by atoms with E-state index in [-0.39, 0.29) is 29.7 Å². The molecule has 2 bridgehead atoms. The van der Waals surface area contributed by atoms with Gasteiger partial charge in [0, 0.05) is 43.9 Å². The zero-order valence-corrected chi connectivity index (χ0v) is 16.8. The number of thiocarbonyl (C=S) groups is 1. The Morgan fingerprint density at radius 3 is 2.69 bits per heavy atom. The van der Waals surface area contributed by atoms with Gasteiger partial charge in [0.05, 0.1) is 6.54 Å². The molecule has 1 aromatic carbocycles. The van der Waals surface area contributed by atoms with Crippen LogP contribution in [0.4, 0.5) is 4.39 Å². The summed E-state index contributed by atoms with van der Waals surface area (Å²) in [4.78, 5) is 26.3. The van der Waals surface area contributed by atoms with Crippen LogP contribution in [0.15, 0.2) is 47.3 Å². The van der Waals surface area contributed by atoms with E-state index < -0.39 is 0 Å². The topological polar surface area (TPSA) is 66.4 Å². The summed E-state index contributed by atoms with van der Waals surface area (Å²) < 4.78 is 14.8. The van der Waals surface area contributed by atoms with Crippen molar-refractivity contribution in [3.05, 3.63) is 69.9 Å². The van der Waals surface area contributed by atoms with E-state index in [1.807, 2.05) is 16.7 Å². The Hall–Kier alpha value is -2.74. The summed E-state index contributed by atoms with van der Waals surface area (Å²) >= 11 is 5.51. The molecule has 0 aliphatic carbocycles. The van der Waals surface area contributed by atoms with Gasteiger partial charge in [0.25, 0.3) is 5.56 Å². The maximum Gasteiger partial charge on any atom is 0.250 e. The molecular formula is C21H23FN4O2S. The number of hydrogen-bond donors (Lipinski definition) is 2.